The van der Waals surface area contributed by atoms with Crippen molar-refractivity contribution < 1.29 is 9.66 Å². The summed E-state index contributed by atoms with van der Waals surface area (Å²) in [7, 11) is 0. The lowest BCUT2D eigenvalue weighted by Gasteiger charge is -2.21. The summed E-state index contributed by atoms with van der Waals surface area (Å²) >= 11 is 0. The van der Waals surface area contributed by atoms with Crippen LogP contribution in [-0.4, -0.2) is 30.2 Å². The van der Waals surface area contributed by atoms with E-state index >= 15 is 0 Å². The van der Waals surface area contributed by atoms with Crippen molar-refractivity contribution >= 4 is 0 Å². The molecule has 0 aliphatic rings. The Morgan fingerprint density at radius 3 is 2.62 bits per heavy atom. The van der Waals surface area contributed by atoms with Crippen molar-refractivity contribution in [3.8, 4) is 0 Å². The highest BCUT2D eigenvalue weighted by Gasteiger charge is 2.29. The van der Waals surface area contributed by atoms with Gasteiger partial charge in [-0.2, -0.15) is 0 Å². The third-order valence-corrected chi connectivity index (χ3v) is 2.39. The molecule has 0 saturated carbocycles. The molecule has 0 saturated heterocycles. The van der Waals surface area contributed by atoms with Crippen molar-refractivity contribution in [1.82, 2.24) is 5.32 Å². The Morgan fingerprint density at radius 1 is 1.56 bits per heavy atom. The highest BCUT2D eigenvalue weighted by atomic mass is 16.6. The summed E-state index contributed by atoms with van der Waals surface area (Å²) in [5, 5.41) is 13.9. The number of hydrogen-bond donors (Lipinski definition) is 1. The molecular weight excluding hydrogens is 208 g/mol. The van der Waals surface area contributed by atoms with Crippen LogP contribution in [0.25, 0.3) is 0 Å². The summed E-state index contributed by atoms with van der Waals surface area (Å²) in [5.41, 5.74) is 0. The molecule has 0 spiro atoms. The number of nitro groups is 1. The van der Waals surface area contributed by atoms with Gasteiger partial charge in [-0.25, -0.2) is 0 Å². The number of rotatable bonds is 9. The third-order valence-electron chi connectivity index (χ3n) is 2.39. The van der Waals surface area contributed by atoms with E-state index < -0.39 is 12.1 Å². The summed E-state index contributed by atoms with van der Waals surface area (Å²) in [6, 6.07) is -1.14. The van der Waals surface area contributed by atoms with Crippen molar-refractivity contribution in [3.05, 3.63) is 22.5 Å². The molecule has 0 bridgehead atoms. The number of nitrogens with zero attached hydrogens (tertiary/aromatic N) is 1. The zero-order valence-electron chi connectivity index (χ0n) is 10.4. The second-order valence-corrected chi connectivity index (χ2v) is 3.71. The van der Waals surface area contributed by atoms with Crippen LogP contribution < -0.4 is 5.32 Å². The molecule has 0 fully saturated rings. The number of ether oxygens (including phenoxy) is 1. The molecule has 0 heterocycles. The minimum Gasteiger partial charge on any atom is -0.497 e. The van der Waals surface area contributed by atoms with Gasteiger partial charge in [0.2, 0.25) is 6.04 Å². The van der Waals surface area contributed by atoms with Gasteiger partial charge in [0, 0.05) is 11.8 Å². The Labute approximate surface area is 97.0 Å². The van der Waals surface area contributed by atoms with E-state index in [2.05, 4.69) is 18.8 Å². The number of nitrogens with one attached hydrogen (secondary N) is 1. The van der Waals surface area contributed by atoms with E-state index in [0.29, 0.717) is 12.4 Å². The Hall–Kier alpha value is -1.10. The molecule has 0 aliphatic carbocycles. The minimum atomic E-state index is -0.726. The van der Waals surface area contributed by atoms with Crippen LogP contribution in [0.15, 0.2) is 12.3 Å². The fraction of sp³-hybridized carbons (Fsp3) is 0.818. The fourth-order valence-corrected chi connectivity index (χ4v) is 1.38. The van der Waals surface area contributed by atoms with E-state index in [9.17, 15) is 10.1 Å². The minimum absolute atomic E-state index is 0.312. The van der Waals surface area contributed by atoms with Crippen molar-refractivity contribution in [2.24, 2.45) is 0 Å². The average Bonchev–Trinajstić information content (AvgIpc) is 2.23. The van der Waals surface area contributed by atoms with Crippen LogP contribution in [0.1, 0.15) is 33.6 Å². The summed E-state index contributed by atoms with van der Waals surface area (Å²) < 4.78 is 5.24. The molecule has 0 amide bonds. The Bertz CT molecular complexity index is 231. The predicted octanol–water partition coefficient (Wildman–Crippen LogP) is 1.96. The van der Waals surface area contributed by atoms with Crippen LogP contribution in [0.5, 0.6) is 0 Å². The molecule has 0 aliphatic heterocycles. The van der Waals surface area contributed by atoms with E-state index in [1.807, 2.05) is 6.92 Å². The van der Waals surface area contributed by atoms with E-state index in [1.165, 1.54) is 0 Å². The van der Waals surface area contributed by atoms with Crippen LogP contribution >= 0.6 is 0 Å². The van der Waals surface area contributed by atoms with Gasteiger partial charge in [-0.3, -0.25) is 10.1 Å². The lowest BCUT2D eigenvalue weighted by Crippen LogP contribution is -2.44. The van der Waals surface area contributed by atoms with Crippen molar-refractivity contribution in [2.75, 3.05) is 13.2 Å². The van der Waals surface area contributed by atoms with Gasteiger partial charge in [-0.05, 0) is 19.9 Å². The molecule has 0 aromatic heterocycles. The molecule has 16 heavy (non-hydrogen) atoms. The second-order valence-electron chi connectivity index (χ2n) is 3.71. The largest absolute Gasteiger partial charge is 0.497 e. The molecule has 0 rings (SSSR count). The molecule has 5 heteroatoms. The monoisotopic (exact) mass is 230 g/mol. The van der Waals surface area contributed by atoms with Crippen LogP contribution in [0.3, 0.4) is 0 Å². The van der Waals surface area contributed by atoms with Gasteiger partial charge in [0.15, 0.2) is 0 Å². The van der Waals surface area contributed by atoms with Crippen LogP contribution in [0, 0.1) is 10.1 Å². The second kappa shape index (κ2) is 8.10. The molecule has 2 atom stereocenters. The Balaban J connectivity index is 4.37. The SMILES string of the molecule is C=C(OCC)C(NCCCC)C(C)[N+](=O)[O-]. The summed E-state index contributed by atoms with van der Waals surface area (Å²) in [6.45, 7) is 10.4. The van der Waals surface area contributed by atoms with E-state index in [4.69, 9.17) is 4.74 Å². The molecule has 2 unspecified atom stereocenters. The first-order valence-electron chi connectivity index (χ1n) is 5.73. The molecule has 94 valence electrons. The van der Waals surface area contributed by atoms with Crippen molar-refractivity contribution in [2.45, 2.75) is 45.7 Å². The van der Waals surface area contributed by atoms with Gasteiger partial charge in [-0.1, -0.05) is 19.9 Å². The first-order chi connectivity index (χ1) is 7.54. The first-order valence-corrected chi connectivity index (χ1v) is 5.73. The number of unbranched alkanes of at least 4 members (excludes halogenated alkanes) is 1. The van der Waals surface area contributed by atoms with Gasteiger partial charge in [0.05, 0.1) is 6.61 Å². The van der Waals surface area contributed by atoms with Crippen LogP contribution in [0.2, 0.25) is 0 Å². The van der Waals surface area contributed by atoms with Gasteiger partial charge < -0.3 is 10.1 Å². The maximum Gasteiger partial charge on any atom is 0.232 e. The zero-order chi connectivity index (χ0) is 12.6. The fourth-order valence-electron chi connectivity index (χ4n) is 1.38. The van der Waals surface area contributed by atoms with Crippen molar-refractivity contribution in [1.29, 1.82) is 0 Å². The highest BCUT2D eigenvalue weighted by molar-refractivity contribution is 5.00. The van der Waals surface area contributed by atoms with Crippen LogP contribution in [0.4, 0.5) is 0 Å². The Morgan fingerprint density at radius 2 is 2.19 bits per heavy atom. The maximum atomic E-state index is 10.8. The molecule has 0 radical (unpaired) electrons. The smallest absolute Gasteiger partial charge is 0.232 e. The maximum absolute atomic E-state index is 10.8. The van der Waals surface area contributed by atoms with Gasteiger partial charge >= 0.3 is 0 Å². The zero-order valence-corrected chi connectivity index (χ0v) is 10.4. The van der Waals surface area contributed by atoms with Gasteiger partial charge in [-0.15, -0.1) is 0 Å². The summed E-state index contributed by atoms with van der Waals surface area (Å²) in [6.07, 6.45) is 2.04. The standard InChI is InChI=1S/C11H22N2O3/c1-5-7-8-12-11(9(3)13(14)15)10(4)16-6-2/h9,11-12H,4-8H2,1-3H3. The average molecular weight is 230 g/mol. The molecule has 0 aromatic rings. The molecule has 1 N–H and O–H groups in total. The summed E-state index contributed by atoms with van der Waals surface area (Å²) in [5.74, 6) is 0.447. The van der Waals surface area contributed by atoms with E-state index in [-0.39, 0.29) is 4.92 Å². The Kier molecular flexibility index (Phi) is 7.54. The first kappa shape index (κ1) is 14.9. The van der Waals surface area contributed by atoms with Crippen LogP contribution in [-0.2, 0) is 4.74 Å². The highest BCUT2D eigenvalue weighted by Crippen LogP contribution is 2.09. The third kappa shape index (κ3) is 5.11. The lowest BCUT2D eigenvalue weighted by atomic mass is 10.1. The van der Waals surface area contributed by atoms with Crippen molar-refractivity contribution in [3.63, 3.8) is 0 Å². The molecule has 5 nitrogen and oxygen atoms in total. The van der Waals surface area contributed by atoms with Gasteiger partial charge in [0.1, 0.15) is 11.8 Å². The van der Waals surface area contributed by atoms with Gasteiger partial charge in [0.25, 0.3) is 0 Å². The predicted molar refractivity (Wildman–Crippen MR) is 63.9 cm³/mol. The quantitative estimate of drug-likeness (QED) is 0.284. The van der Waals surface area contributed by atoms with E-state index in [1.54, 1.807) is 6.92 Å². The normalized spacial score (nSPS) is 14.2. The lowest BCUT2D eigenvalue weighted by molar-refractivity contribution is -0.521. The molecular formula is C11H22N2O3. The van der Waals surface area contributed by atoms with E-state index in [0.717, 1.165) is 19.4 Å². The molecule has 0 aromatic carbocycles. The topological polar surface area (TPSA) is 64.4 Å². The summed E-state index contributed by atoms with van der Waals surface area (Å²) in [4.78, 5) is 10.4. The number of hydrogen-bond acceptors (Lipinski definition) is 4.